The van der Waals surface area contributed by atoms with Crippen molar-refractivity contribution in [2.45, 2.75) is 13.5 Å². The molecule has 0 aliphatic carbocycles. The average molecular weight is 266 g/mol. The second-order valence-corrected chi connectivity index (χ2v) is 3.40. The van der Waals surface area contributed by atoms with Crippen molar-refractivity contribution in [2.24, 2.45) is 0 Å². The van der Waals surface area contributed by atoms with Crippen molar-refractivity contribution in [3.63, 3.8) is 0 Å². The van der Waals surface area contributed by atoms with Crippen LogP contribution in [0, 0.1) is 10.1 Å². The molecule has 0 fully saturated rings. The van der Waals surface area contributed by atoms with Gasteiger partial charge in [0.25, 0.3) is 5.69 Å². The summed E-state index contributed by atoms with van der Waals surface area (Å²) in [4.78, 5) is 20.8. The van der Waals surface area contributed by atoms with Gasteiger partial charge in [-0.3, -0.25) is 14.9 Å². The fourth-order valence-electron chi connectivity index (χ4n) is 1.15. The van der Waals surface area contributed by atoms with Crippen molar-refractivity contribution >= 4 is 23.1 Å². The molecule has 0 radical (unpaired) electrons. The largest absolute Gasteiger partial charge is 0.434 e. The van der Waals surface area contributed by atoms with Gasteiger partial charge in [-0.15, -0.1) is 0 Å². The van der Waals surface area contributed by atoms with Gasteiger partial charge in [0.05, 0.1) is 16.6 Å². The maximum absolute atomic E-state index is 12.1. The Morgan fingerprint density at radius 1 is 1.53 bits per heavy atom. The number of nitrogens with zero attached hydrogens (tertiary/aromatic N) is 1. The smallest absolute Gasteiger partial charge is 0.387 e. The molecule has 0 aromatic heterocycles. The zero-order chi connectivity index (χ0) is 13.2. The highest BCUT2D eigenvalue weighted by atomic mass is 35.5. The fourth-order valence-corrected chi connectivity index (χ4v) is 1.38. The highest BCUT2D eigenvalue weighted by molar-refractivity contribution is 6.33. The van der Waals surface area contributed by atoms with Gasteiger partial charge in [-0.25, -0.2) is 0 Å². The molecular weight excluding hydrogens is 260 g/mol. The minimum Gasteiger partial charge on any atom is -0.434 e. The van der Waals surface area contributed by atoms with Gasteiger partial charge >= 0.3 is 6.61 Å². The molecule has 0 bridgehead atoms. The molecule has 1 aromatic rings. The third-order valence-corrected chi connectivity index (χ3v) is 2.14. The molecule has 1 rings (SSSR count). The lowest BCUT2D eigenvalue weighted by molar-refractivity contribution is -0.384. The van der Waals surface area contributed by atoms with Crippen LogP contribution >= 0.6 is 11.6 Å². The minimum atomic E-state index is -3.19. The molecule has 0 unspecified atom stereocenters. The Bertz CT molecular complexity index is 478. The number of carbonyl (C=O) groups is 1. The second kappa shape index (κ2) is 5.05. The molecule has 0 atom stereocenters. The summed E-state index contributed by atoms with van der Waals surface area (Å²) in [5, 5.41) is 10.2. The van der Waals surface area contributed by atoms with Crippen molar-refractivity contribution < 1.29 is 23.2 Å². The Morgan fingerprint density at radius 3 is 2.53 bits per heavy atom. The first-order valence-electron chi connectivity index (χ1n) is 4.26. The summed E-state index contributed by atoms with van der Waals surface area (Å²) in [5.41, 5.74) is -0.840. The first kappa shape index (κ1) is 13.3. The van der Waals surface area contributed by atoms with E-state index in [0.717, 1.165) is 13.0 Å². The molecule has 0 spiro atoms. The lowest BCUT2D eigenvalue weighted by atomic mass is 10.1. The number of nitro groups is 1. The van der Waals surface area contributed by atoms with Crippen LogP contribution in [0.3, 0.4) is 0 Å². The number of ether oxygens (including phenoxy) is 1. The minimum absolute atomic E-state index is 0.235. The van der Waals surface area contributed by atoms with E-state index in [-0.39, 0.29) is 10.6 Å². The second-order valence-electron chi connectivity index (χ2n) is 2.99. The van der Waals surface area contributed by atoms with E-state index in [1.165, 1.54) is 0 Å². The maximum atomic E-state index is 12.1. The molecule has 8 heteroatoms. The Labute approximate surface area is 99.1 Å². The summed E-state index contributed by atoms with van der Waals surface area (Å²) >= 11 is 5.54. The van der Waals surface area contributed by atoms with Crippen LogP contribution in [-0.2, 0) is 0 Å². The molecule has 92 valence electrons. The van der Waals surface area contributed by atoms with Crippen LogP contribution in [0.15, 0.2) is 12.1 Å². The van der Waals surface area contributed by atoms with Crippen molar-refractivity contribution in [2.75, 3.05) is 0 Å². The molecule has 0 saturated heterocycles. The first-order chi connectivity index (χ1) is 7.82. The van der Waals surface area contributed by atoms with E-state index in [2.05, 4.69) is 4.74 Å². The van der Waals surface area contributed by atoms with Gasteiger partial charge in [0.1, 0.15) is 10.8 Å². The number of halogens is 3. The molecule has 0 heterocycles. The molecule has 5 nitrogen and oxygen atoms in total. The van der Waals surface area contributed by atoms with Gasteiger partial charge in [0.15, 0.2) is 5.78 Å². The summed E-state index contributed by atoms with van der Waals surface area (Å²) in [6, 6.07) is 1.63. The van der Waals surface area contributed by atoms with Gasteiger partial charge in [0, 0.05) is 0 Å². The molecule has 0 aliphatic heterocycles. The highest BCUT2D eigenvalue weighted by Gasteiger charge is 2.21. The Morgan fingerprint density at radius 2 is 2.12 bits per heavy atom. The van der Waals surface area contributed by atoms with Gasteiger partial charge in [-0.05, 0) is 13.0 Å². The van der Waals surface area contributed by atoms with Crippen LogP contribution in [-0.4, -0.2) is 17.3 Å². The predicted molar refractivity (Wildman–Crippen MR) is 54.7 cm³/mol. The van der Waals surface area contributed by atoms with Crippen LogP contribution in [0.5, 0.6) is 5.75 Å². The summed E-state index contributed by atoms with van der Waals surface area (Å²) in [7, 11) is 0. The monoisotopic (exact) mass is 265 g/mol. The summed E-state index contributed by atoms with van der Waals surface area (Å²) < 4.78 is 28.2. The van der Waals surface area contributed by atoms with E-state index in [1.54, 1.807) is 0 Å². The quantitative estimate of drug-likeness (QED) is 0.477. The third kappa shape index (κ3) is 3.10. The van der Waals surface area contributed by atoms with Crippen LogP contribution < -0.4 is 4.74 Å². The van der Waals surface area contributed by atoms with Gasteiger partial charge in [0.2, 0.25) is 0 Å². The Hall–Kier alpha value is -1.76. The topological polar surface area (TPSA) is 69.4 Å². The maximum Gasteiger partial charge on any atom is 0.387 e. The van der Waals surface area contributed by atoms with Crippen molar-refractivity contribution in [3.05, 3.63) is 32.8 Å². The molecule has 17 heavy (non-hydrogen) atoms. The average Bonchev–Trinajstić information content (AvgIpc) is 2.18. The van der Waals surface area contributed by atoms with Crippen molar-refractivity contribution in [1.82, 2.24) is 0 Å². The SMILES string of the molecule is CC(=O)c1cc(Cl)c([N+](=O)[O-])cc1OC(F)F. The fraction of sp³-hybridized carbons (Fsp3) is 0.222. The zero-order valence-electron chi connectivity index (χ0n) is 8.45. The summed E-state index contributed by atoms with van der Waals surface area (Å²) in [5.74, 6) is -1.15. The summed E-state index contributed by atoms with van der Waals surface area (Å²) in [6.45, 7) is -2.08. The molecule has 0 saturated carbocycles. The number of hydrogen-bond donors (Lipinski definition) is 0. The molecule has 0 amide bonds. The van der Waals surface area contributed by atoms with Crippen molar-refractivity contribution in [3.8, 4) is 5.75 Å². The normalized spacial score (nSPS) is 10.4. The molecule has 0 aliphatic rings. The van der Waals surface area contributed by atoms with Crippen LogP contribution in [0.4, 0.5) is 14.5 Å². The van der Waals surface area contributed by atoms with Gasteiger partial charge in [-0.2, -0.15) is 8.78 Å². The number of alkyl halides is 2. The molecule has 1 aromatic carbocycles. The zero-order valence-corrected chi connectivity index (χ0v) is 9.20. The van der Waals surface area contributed by atoms with E-state index in [9.17, 15) is 23.7 Å². The molecule has 0 N–H and O–H groups in total. The first-order valence-corrected chi connectivity index (χ1v) is 4.64. The van der Waals surface area contributed by atoms with E-state index < -0.39 is 28.8 Å². The van der Waals surface area contributed by atoms with Crippen LogP contribution in [0.2, 0.25) is 5.02 Å². The number of rotatable bonds is 4. The lowest BCUT2D eigenvalue weighted by Crippen LogP contribution is -2.07. The number of hydrogen-bond acceptors (Lipinski definition) is 4. The molecular formula is C9H6ClF2NO4. The standard InChI is InChI=1S/C9H6ClF2NO4/c1-4(14)5-2-6(10)7(13(15)16)3-8(5)17-9(11)12/h2-3,9H,1H3. The number of ketones is 1. The Balaban J connectivity index is 3.36. The lowest BCUT2D eigenvalue weighted by Gasteiger charge is -2.09. The Kier molecular flexibility index (Phi) is 3.95. The number of carbonyl (C=O) groups excluding carboxylic acids is 1. The third-order valence-electron chi connectivity index (χ3n) is 1.84. The number of benzene rings is 1. The van der Waals surface area contributed by atoms with Gasteiger partial charge in [-0.1, -0.05) is 11.6 Å². The van der Waals surface area contributed by atoms with Crippen molar-refractivity contribution in [1.29, 1.82) is 0 Å². The number of Topliss-reactive ketones (excluding diaryl/α,β-unsaturated/α-hetero) is 1. The van der Waals surface area contributed by atoms with E-state index in [1.807, 2.05) is 0 Å². The number of nitro benzene ring substituents is 1. The van der Waals surface area contributed by atoms with E-state index >= 15 is 0 Å². The predicted octanol–water partition coefficient (Wildman–Crippen LogP) is 3.05. The van der Waals surface area contributed by atoms with E-state index in [0.29, 0.717) is 6.07 Å². The highest BCUT2D eigenvalue weighted by Crippen LogP contribution is 2.33. The summed E-state index contributed by atoms with van der Waals surface area (Å²) in [6.07, 6.45) is 0. The van der Waals surface area contributed by atoms with Crippen LogP contribution in [0.1, 0.15) is 17.3 Å². The van der Waals surface area contributed by atoms with E-state index in [4.69, 9.17) is 11.6 Å². The van der Waals surface area contributed by atoms with Crippen LogP contribution in [0.25, 0.3) is 0 Å². The van der Waals surface area contributed by atoms with Gasteiger partial charge < -0.3 is 4.74 Å².